The van der Waals surface area contributed by atoms with Gasteiger partial charge in [0.1, 0.15) is 0 Å². The molecule has 2 rings (SSSR count). The lowest BCUT2D eigenvalue weighted by atomic mass is 9.90. The molecule has 25 heavy (non-hydrogen) atoms. The van der Waals surface area contributed by atoms with E-state index in [1.54, 1.807) is 7.11 Å². The first-order valence-electron chi connectivity index (χ1n) is 9.15. The molecule has 0 amide bonds. The average molecular weight is 341 g/mol. The summed E-state index contributed by atoms with van der Waals surface area (Å²) in [7, 11) is 1.69. The van der Waals surface area contributed by atoms with Crippen LogP contribution < -0.4 is 15.2 Å². The first-order valence-corrected chi connectivity index (χ1v) is 9.15. The summed E-state index contributed by atoms with van der Waals surface area (Å²) < 4.78 is 11.3. The van der Waals surface area contributed by atoms with Crippen LogP contribution in [-0.2, 0) is 6.42 Å². The van der Waals surface area contributed by atoms with Gasteiger partial charge in [0.05, 0.1) is 13.7 Å². The lowest BCUT2D eigenvalue weighted by Gasteiger charge is -2.18. The van der Waals surface area contributed by atoms with Gasteiger partial charge in [0.15, 0.2) is 11.5 Å². The lowest BCUT2D eigenvalue weighted by Crippen LogP contribution is -2.15. The molecule has 0 saturated heterocycles. The zero-order chi connectivity index (χ0) is 18.2. The second-order valence-electron chi connectivity index (χ2n) is 6.75. The van der Waals surface area contributed by atoms with Gasteiger partial charge in [-0.3, -0.25) is 0 Å². The third-order valence-corrected chi connectivity index (χ3v) is 4.47. The van der Waals surface area contributed by atoms with Crippen LogP contribution in [0.25, 0.3) is 0 Å². The predicted molar refractivity (Wildman–Crippen MR) is 105 cm³/mol. The quantitative estimate of drug-likeness (QED) is 0.668. The fourth-order valence-electron chi connectivity index (χ4n) is 3.15. The van der Waals surface area contributed by atoms with Crippen molar-refractivity contribution in [2.24, 2.45) is 5.73 Å². The number of aryl methyl sites for hydroxylation is 2. The van der Waals surface area contributed by atoms with E-state index in [0.29, 0.717) is 12.5 Å². The van der Waals surface area contributed by atoms with E-state index in [1.807, 2.05) is 6.07 Å². The molecular formula is C22H31NO2. The first kappa shape index (κ1) is 19.3. The van der Waals surface area contributed by atoms with Gasteiger partial charge in [0.25, 0.3) is 0 Å². The van der Waals surface area contributed by atoms with Crippen molar-refractivity contribution in [3.63, 3.8) is 0 Å². The number of hydrogen-bond donors (Lipinski definition) is 1. The first-order chi connectivity index (χ1) is 12.1. The average Bonchev–Trinajstić information content (AvgIpc) is 2.59. The maximum absolute atomic E-state index is 6.08. The van der Waals surface area contributed by atoms with Gasteiger partial charge in [0, 0.05) is 5.92 Å². The van der Waals surface area contributed by atoms with E-state index >= 15 is 0 Å². The maximum atomic E-state index is 6.08. The molecule has 0 spiro atoms. The fraction of sp³-hybridized carbons (Fsp3) is 0.455. The minimum atomic E-state index is 0.301. The van der Waals surface area contributed by atoms with Crippen molar-refractivity contribution in [2.45, 2.75) is 46.0 Å². The Labute approximate surface area is 152 Å². The Kier molecular flexibility index (Phi) is 7.32. The number of rotatable bonds is 9. The Morgan fingerprint density at radius 1 is 1.00 bits per heavy atom. The molecule has 0 bridgehead atoms. The van der Waals surface area contributed by atoms with Crippen LogP contribution in [0.5, 0.6) is 11.5 Å². The third kappa shape index (κ3) is 5.50. The van der Waals surface area contributed by atoms with E-state index in [9.17, 15) is 0 Å². The van der Waals surface area contributed by atoms with E-state index in [-0.39, 0.29) is 0 Å². The second kappa shape index (κ2) is 9.47. The van der Waals surface area contributed by atoms with Gasteiger partial charge in [-0.2, -0.15) is 0 Å². The molecule has 3 heteroatoms. The molecule has 3 nitrogen and oxygen atoms in total. The van der Waals surface area contributed by atoms with Crippen LogP contribution in [0.2, 0.25) is 0 Å². The standard InChI is InChI=1S/C22H31NO2/c1-5-6-9-25-21-8-7-18(14-22(21)24-4)13-20(15-23)19-11-16(2)10-17(3)12-19/h7-8,10-12,14,20H,5-6,9,13,15,23H2,1-4H3. The molecule has 2 N–H and O–H groups in total. The summed E-state index contributed by atoms with van der Waals surface area (Å²) >= 11 is 0. The third-order valence-electron chi connectivity index (χ3n) is 4.47. The zero-order valence-corrected chi connectivity index (χ0v) is 16.0. The lowest BCUT2D eigenvalue weighted by molar-refractivity contribution is 0.288. The maximum Gasteiger partial charge on any atom is 0.161 e. The minimum Gasteiger partial charge on any atom is -0.493 e. The van der Waals surface area contributed by atoms with Crippen LogP contribution in [-0.4, -0.2) is 20.3 Å². The Hall–Kier alpha value is -2.00. The minimum absolute atomic E-state index is 0.301. The van der Waals surface area contributed by atoms with E-state index < -0.39 is 0 Å². The number of benzene rings is 2. The molecule has 0 aliphatic heterocycles. The number of hydrogen-bond acceptors (Lipinski definition) is 3. The summed E-state index contributed by atoms with van der Waals surface area (Å²) in [5.74, 6) is 1.91. The highest BCUT2D eigenvalue weighted by Gasteiger charge is 2.14. The highest BCUT2D eigenvalue weighted by molar-refractivity contribution is 5.44. The largest absolute Gasteiger partial charge is 0.493 e. The smallest absolute Gasteiger partial charge is 0.161 e. The Balaban J connectivity index is 2.16. The van der Waals surface area contributed by atoms with Crippen LogP contribution >= 0.6 is 0 Å². The van der Waals surface area contributed by atoms with Crippen molar-refractivity contribution in [1.29, 1.82) is 0 Å². The van der Waals surface area contributed by atoms with Gasteiger partial charge < -0.3 is 15.2 Å². The molecule has 2 aromatic rings. The second-order valence-corrected chi connectivity index (χ2v) is 6.75. The van der Waals surface area contributed by atoms with E-state index in [0.717, 1.165) is 37.4 Å². The number of methoxy groups -OCH3 is 1. The molecule has 0 aromatic heterocycles. The zero-order valence-electron chi connectivity index (χ0n) is 16.0. The summed E-state index contributed by atoms with van der Waals surface area (Å²) in [5, 5.41) is 0. The molecule has 136 valence electrons. The molecule has 0 radical (unpaired) electrons. The van der Waals surface area contributed by atoms with Crippen molar-refractivity contribution >= 4 is 0 Å². The Morgan fingerprint density at radius 3 is 2.32 bits per heavy atom. The van der Waals surface area contributed by atoms with Gasteiger partial charge in [-0.05, 0) is 56.5 Å². The van der Waals surface area contributed by atoms with Crippen molar-refractivity contribution in [3.8, 4) is 11.5 Å². The SMILES string of the molecule is CCCCOc1ccc(CC(CN)c2cc(C)cc(C)c2)cc1OC. The molecular weight excluding hydrogens is 310 g/mol. The van der Waals surface area contributed by atoms with E-state index in [1.165, 1.54) is 22.3 Å². The summed E-state index contributed by atoms with van der Waals surface area (Å²) in [6.45, 7) is 7.77. The highest BCUT2D eigenvalue weighted by atomic mass is 16.5. The van der Waals surface area contributed by atoms with Crippen molar-refractivity contribution in [3.05, 3.63) is 58.7 Å². The van der Waals surface area contributed by atoms with E-state index in [4.69, 9.17) is 15.2 Å². The van der Waals surface area contributed by atoms with Crippen LogP contribution in [0.4, 0.5) is 0 Å². The van der Waals surface area contributed by atoms with Gasteiger partial charge >= 0.3 is 0 Å². The predicted octanol–water partition coefficient (Wildman–Crippen LogP) is 4.78. The molecule has 2 aromatic carbocycles. The van der Waals surface area contributed by atoms with Crippen LogP contribution in [0.3, 0.4) is 0 Å². The number of ether oxygens (including phenoxy) is 2. The summed E-state index contributed by atoms with van der Waals surface area (Å²) in [6, 6.07) is 12.9. The van der Waals surface area contributed by atoms with Crippen LogP contribution in [0.15, 0.2) is 36.4 Å². The van der Waals surface area contributed by atoms with Crippen LogP contribution in [0, 0.1) is 13.8 Å². The fourth-order valence-corrected chi connectivity index (χ4v) is 3.15. The van der Waals surface area contributed by atoms with Gasteiger partial charge in [-0.25, -0.2) is 0 Å². The molecule has 0 fully saturated rings. The highest BCUT2D eigenvalue weighted by Crippen LogP contribution is 2.31. The molecule has 0 saturated carbocycles. The topological polar surface area (TPSA) is 44.5 Å². The van der Waals surface area contributed by atoms with Crippen molar-refractivity contribution in [2.75, 3.05) is 20.3 Å². The molecule has 0 aliphatic carbocycles. The monoisotopic (exact) mass is 341 g/mol. The molecule has 1 unspecified atom stereocenters. The number of nitrogens with two attached hydrogens (primary N) is 1. The summed E-state index contributed by atoms with van der Waals surface area (Å²) in [6.07, 6.45) is 3.06. The van der Waals surface area contributed by atoms with Crippen LogP contribution in [0.1, 0.15) is 47.9 Å². The number of unbranched alkanes of at least 4 members (excludes halogenated alkanes) is 1. The Morgan fingerprint density at radius 2 is 1.72 bits per heavy atom. The Bertz CT molecular complexity index is 661. The van der Waals surface area contributed by atoms with Gasteiger partial charge in [0.2, 0.25) is 0 Å². The molecule has 0 aliphatic rings. The van der Waals surface area contributed by atoms with Crippen molar-refractivity contribution < 1.29 is 9.47 Å². The van der Waals surface area contributed by atoms with Gasteiger partial charge in [-0.1, -0.05) is 48.7 Å². The normalized spacial score (nSPS) is 12.0. The van der Waals surface area contributed by atoms with Gasteiger partial charge in [-0.15, -0.1) is 0 Å². The summed E-state index contributed by atoms with van der Waals surface area (Å²) in [5.41, 5.74) is 11.2. The molecule has 1 atom stereocenters. The van der Waals surface area contributed by atoms with E-state index in [2.05, 4.69) is 51.1 Å². The molecule has 0 heterocycles. The summed E-state index contributed by atoms with van der Waals surface area (Å²) in [4.78, 5) is 0. The van der Waals surface area contributed by atoms with Crippen molar-refractivity contribution in [1.82, 2.24) is 0 Å².